The van der Waals surface area contributed by atoms with Crippen LogP contribution in [0.25, 0.3) is 0 Å². The van der Waals surface area contributed by atoms with E-state index in [0.717, 1.165) is 17.2 Å². The van der Waals surface area contributed by atoms with E-state index < -0.39 is 0 Å². The number of rotatable bonds is 6. The van der Waals surface area contributed by atoms with Gasteiger partial charge in [0, 0.05) is 27.8 Å². The SMILES string of the molecule is Oc1cc(Cl)c(OCCCSc2ccc(Cl)cc2)c(Cl)c1. The zero-order valence-corrected chi connectivity index (χ0v) is 14.1. The van der Waals surface area contributed by atoms with Gasteiger partial charge in [-0.2, -0.15) is 0 Å². The van der Waals surface area contributed by atoms with Gasteiger partial charge < -0.3 is 9.84 Å². The summed E-state index contributed by atoms with van der Waals surface area (Å²) in [6.45, 7) is 0.505. The summed E-state index contributed by atoms with van der Waals surface area (Å²) in [5.74, 6) is 1.35. The first kappa shape index (κ1) is 16.6. The lowest BCUT2D eigenvalue weighted by Gasteiger charge is -2.10. The topological polar surface area (TPSA) is 29.5 Å². The maximum atomic E-state index is 9.34. The van der Waals surface area contributed by atoms with E-state index in [1.54, 1.807) is 11.8 Å². The van der Waals surface area contributed by atoms with E-state index in [2.05, 4.69) is 0 Å². The Kier molecular flexibility index (Phi) is 6.37. The van der Waals surface area contributed by atoms with Crippen molar-refractivity contribution in [1.29, 1.82) is 0 Å². The number of halogens is 3. The summed E-state index contributed by atoms with van der Waals surface area (Å²) in [6.07, 6.45) is 0.848. The molecule has 0 spiro atoms. The Balaban J connectivity index is 1.76. The Morgan fingerprint density at radius 1 is 1.00 bits per heavy atom. The highest BCUT2D eigenvalue weighted by Gasteiger charge is 2.09. The largest absolute Gasteiger partial charge is 0.508 e. The molecule has 2 rings (SSSR count). The molecule has 0 amide bonds. The second-order valence-electron chi connectivity index (χ2n) is 4.24. The molecule has 0 aliphatic rings. The summed E-state index contributed by atoms with van der Waals surface area (Å²) < 4.78 is 5.57. The van der Waals surface area contributed by atoms with Crippen molar-refractivity contribution in [3.63, 3.8) is 0 Å². The van der Waals surface area contributed by atoms with Gasteiger partial charge in [-0.25, -0.2) is 0 Å². The first-order valence-corrected chi connectivity index (χ1v) is 8.37. The molecular formula is C15H13Cl3O2S. The second-order valence-corrected chi connectivity index (χ2v) is 6.66. The first-order chi connectivity index (χ1) is 10.1. The lowest BCUT2D eigenvalue weighted by molar-refractivity contribution is 0.318. The summed E-state index contributed by atoms with van der Waals surface area (Å²) in [7, 11) is 0. The highest BCUT2D eigenvalue weighted by atomic mass is 35.5. The van der Waals surface area contributed by atoms with Crippen molar-refractivity contribution in [3.05, 3.63) is 51.5 Å². The predicted molar refractivity (Wildman–Crippen MR) is 90.4 cm³/mol. The average molecular weight is 364 g/mol. The summed E-state index contributed by atoms with van der Waals surface area (Å²) >= 11 is 19.5. The van der Waals surface area contributed by atoms with Crippen LogP contribution in [0.2, 0.25) is 15.1 Å². The van der Waals surface area contributed by atoms with Crippen molar-refractivity contribution in [3.8, 4) is 11.5 Å². The molecule has 0 unspecified atom stereocenters. The van der Waals surface area contributed by atoms with Crippen LogP contribution in [0.1, 0.15) is 6.42 Å². The molecule has 0 saturated heterocycles. The molecule has 21 heavy (non-hydrogen) atoms. The zero-order chi connectivity index (χ0) is 15.2. The molecule has 0 aliphatic carbocycles. The quantitative estimate of drug-likeness (QED) is 0.510. The molecule has 1 N–H and O–H groups in total. The molecule has 112 valence electrons. The Morgan fingerprint density at radius 2 is 1.62 bits per heavy atom. The molecule has 2 aromatic carbocycles. The molecule has 2 aromatic rings. The minimum Gasteiger partial charge on any atom is -0.508 e. The molecule has 0 saturated carbocycles. The third kappa shape index (κ3) is 5.19. The minimum absolute atomic E-state index is 0.0237. The number of thioether (sulfide) groups is 1. The molecule has 0 heterocycles. The van der Waals surface area contributed by atoms with Crippen LogP contribution in [0.4, 0.5) is 0 Å². The molecule has 0 atom stereocenters. The zero-order valence-electron chi connectivity index (χ0n) is 11.0. The van der Waals surface area contributed by atoms with Crippen LogP contribution in [-0.4, -0.2) is 17.5 Å². The van der Waals surface area contributed by atoms with Crippen LogP contribution >= 0.6 is 46.6 Å². The summed E-state index contributed by atoms with van der Waals surface area (Å²) in [5.41, 5.74) is 0. The van der Waals surface area contributed by atoms with Gasteiger partial charge in [0.25, 0.3) is 0 Å². The number of hydrogen-bond acceptors (Lipinski definition) is 3. The molecule has 0 bridgehead atoms. The van der Waals surface area contributed by atoms with Gasteiger partial charge in [-0.15, -0.1) is 11.8 Å². The van der Waals surface area contributed by atoms with E-state index in [4.69, 9.17) is 39.5 Å². The second kappa shape index (κ2) is 8.04. The van der Waals surface area contributed by atoms with Gasteiger partial charge >= 0.3 is 0 Å². The third-order valence-corrected chi connectivity index (χ3v) is 4.51. The number of ether oxygens (including phenoxy) is 1. The standard InChI is InChI=1S/C15H13Cl3O2S/c16-10-2-4-12(5-3-10)21-7-1-6-20-15-13(17)8-11(19)9-14(15)18/h2-5,8-9,19H,1,6-7H2. The number of aromatic hydroxyl groups is 1. The van der Waals surface area contributed by atoms with Crippen LogP contribution in [0.3, 0.4) is 0 Å². The molecule has 2 nitrogen and oxygen atoms in total. The highest BCUT2D eigenvalue weighted by molar-refractivity contribution is 7.99. The van der Waals surface area contributed by atoms with Gasteiger partial charge in [-0.3, -0.25) is 0 Å². The minimum atomic E-state index is 0.0237. The van der Waals surface area contributed by atoms with E-state index in [9.17, 15) is 5.11 Å². The summed E-state index contributed by atoms with van der Waals surface area (Å²) in [5, 5.41) is 10.7. The Bertz CT molecular complexity index is 579. The van der Waals surface area contributed by atoms with E-state index in [0.29, 0.717) is 22.4 Å². The van der Waals surface area contributed by atoms with Gasteiger partial charge in [0.15, 0.2) is 5.75 Å². The number of benzene rings is 2. The van der Waals surface area contributed by atoms with Gasteiger partial charge in [-0.1, -0.05) is 34.8 Å². The van der Waals surface area contributed by atoms with Gasteiger partial charge in [0.2, 0.25) is 0 Å². The van der Waals surface area contributed by atoms with E-state index in [1.807, 2.05) is 24.3 Å². The van der Waals surface area contributed by atoms with E-state index >= 15 is 0 Å². The fourth-order valence-corrected chi connectivity index (χ4v) is 3.18. The molecule has 0 fully saturated rings. The molecule has 6 heteroatoms. The summed E-state index contributed by atoms with van der Waals surface area (Å²) in [6, 6.07) is 10.5. The van der Waals surface area contributed by atoms with E-state index in [-0.39, 0.29) is 5.75 Å². The van der Waals surface area contributed by atoms with Crippen LogP contribution in [0, 0.1) is 0 Å². The van der Waals surface area contributed by atoms with Crippen LogP contribution < -0.4 is 4.74 Å². The van der Waals surface area contributed by atoms with Crippen molar-refractivity contribution in [2.45, 2.75) is 11.3 Å². The van der Waals surface area contributed by atoms with E-state index in [1.165, 1.54) is 17.0 Å². The molecule has 0 radical (unpaired) electrons. The smallest absolute Gasteiger partial charge is 0.156 e. The fourth-order valence-electron chi connectivity index (χ4n) is 1.64. The Hall–Kier alpha value is -0.740. The number of hydrogen-bond donors (Lipinski definition) is 1. The average Bonchev–Trinajstić information content (AvgIpc) is 2.43. The van der Waals surface area contributed by atoms with Crippen LogP contribution in [0.15, 0.2) is 41.3 Å². The van der Waals surface area contributed by atoms with Crippen LogP contribution in [-0.2, 0) is 0 Å². The maximum absolute atomic E-state index is 9.34. The number of phenols is 1. The molecule has 0 aliphatic heterocycles. The normalized spacial score (nSPS) is 10.6. The highest BCUT2D eigenvalue weighted by Crippen LogP contribution is 2.36. The van der Waals surface area contributed by atoms with Gasteiger partial charge in [-0.05, 0) is 30.7 Å². The van der Waals surface area contributed by atoms with Crippen molar-refractivity contribution in [2.24, 2.45) is 0 Å². The molecule has 0 aromatic heterocycles. The lowest BCUT2D eigenvalue weighted by atomic mass is 10.3. The molecular weight excluding hydrogens is 351 g/mol. The van der Waals surface area contributed by atoms with Gasteiger partial charge in [0.05, 0.1) is 16.7 Å². The summed E-state index contributed by atoms with van der Waals surface area (Å²) in [4.78, 5) is 1.17. The Labute approximate surface area is 143 Å². The predicted octanol–water partition coefficient (Wildman–Crippen LogP) is 5.91. The monoisotopic (exact) mass is 362 g/mol. The number of phenolic OH excluding ortho intramolecular Hbond substituents is 1. The maximum Gasteiger partial charge on any atom is 0.156 e. The van der Waals surface area contributed by atoms with Gasteiger partial charge in [0.1, 0.15) is 5.75 Å². The van der Waals surface area contributed by atoms with Crippen molar-refractivity contribution < 1.29 is 9.84 Å². The fraction of sp³-hybridized carbons (Fsp3) is 0.200. The Morgan fingerprint density at radius 3 is 2.24 bits per heavy atom. The first-order valence-electron chi connectivity index (χ1n) is 6.25. The third-order valence-electron chi connectivity index (χ3n) is 2.60. The lowest BCUT2D eigenvalue weighted by Crippen LogP contribution is -1.99. The van der Waals surface area contributed by atoms with Crippen molar-refractivity contribution >= 4 is 46.6 Å². The van der Waals surface area contributed by atoms with Crippen LogP contribution in [0.5, 0.6) is 11.5 Å². The van der Waals surface area contributed by atoms with Crippen molar-refractivity contribution in [2.75, 3.05) is 12.4 Å². The van der Waals surface area contributed by atoms with Crippen molar-refractivity contribution in [1.82, 2.24) is 0 Å².